The fraction of sp³-hybridized carbons (Fsp3) is 0.400. The number of carbonyl (C=O) groups excluding carboxylic acids is 1. The van der Waals surface area contributed by atoms with Crippen LogP contribution in [-0.2, 0) is 4.74 Å². The van der Waals surface area contributed by atoms with Crippen molar-refractivity contribution in [3.05, 3.63) is 29.8 Å². The van der Waals surface area contributed by atoms with E-state index < -0.39 is 11.7 Å². The van der Waals surface area contributed by atoms with Crippen molar-refractivity contribution < 1.29 is 9.53 Å². The van der Waals surface area contributed by atoms with Crippen molar-refractivity contribution in [3.63, 3.8) is 0 Å². The molecule has 0 aliphatic carbocycles. The first kappa shape index (κ1) is 14.9. The average molecular weight is 260 g/mol. The van der Waals surface area contributed by atoms with E-state index in [9.17, 15) is 4.79 Å². The number of ether oxygens (including phenoxy) is 1. The lowest BCUT2D eigenvalue weighted by atomic mass is 10.2. The number of carbonyl (C=O) groups is 1. The Morgan fingerprint density at radius 3 is 2.79 bits per heavy atom. The van der Waals surface area contributed by atoms with Crippen LogP contribution < -0.4 is 11.1 Å². The number of rotatable bonds is 2. The number of amides is 1. The molecule has 1 aromatic carbocycles. The molecule has 0 saturated heterocycles. The van der Waals surface area contributed by atoms with Crippen LogP contribution in [0.25, 0.3) is 0 Å². The molecule has 0 aliphatic rings. The lowest BCUT2D eigenvalue weighted by Gasteiger charge is -2.19. The quantitative estimate of drug-likeness (QED) is 0.488. The molecule has 0 saturated carbocycles. The zero-order valence-electron chi connectivity index (χ0n) is 11.6. The first-order valence-corrected chi connectivity index (χ1v) is 6.18. The third kappa shape index (κ3) is 6.99. The van der Waals surface area contributed by atoms with Gasteiger partial charge in [0.2, 0.25) is 0 Å². The first-order valence-electron chi connectivity index (χ1n) is 6.18. The Hall–Kier alpha value is -2.15. The standard InChI is InChI=1S/C15H20N2O2/c1-15(2,3)19-14(18)17-10-5-4-7-12-8-6-9-13(16)11-12/h6,8-9,11H,5,10,16H2,1-3H3,(H,17,18). The van der Waals surface area contributed by atoms with Crippen molar-refractivity contribution in [2.45, 2.75) is 32.8 Å². The van der Waals surface area contributed by atoms with E-state index in [1.807, 2.05) is 45.0 Å². The van der Waals surface area contributed by atoms with Crippen LogP contribution in [-0.4, -0.2) is 18.2 Å². The Balaban J connectivity index is 2.30. The molecule has 0 aliphatic heterocycles. The molecular weight excluding hydrogens is 240 g/mol. The molecule has 1 amide bonds. The van der Waals surface area contributed by atoms with Gasteiger partial charge in [0.15, 0.2) is 0 Å². The number of benzene rings is 1. The van der Waals surface area contributed by atoms with Gasteiger partial charge in [0, 0.05) is 24.2 Å². The molecule has 0 heterocycles. The van der Waals surface area contributed by atoms with Crippen molar-refractivity contribution in [3.8, 4) is 11.8 Å². The average Bonchev–Trinajstić information content (AvgIpc) is 2.26. The molecule has 0 aromatic heterocycles. The zero-order valence-corrected chi connectivity index (χ0v) is 11.6. The van der Waals surface area contributed by atoms with Crippen LogP contribution in [0.4, 0.5) is 10.5 Å². The zero-order chi connectivity index (χ0) is 14.3. The van der Waals surface area contributed by atoms with Gasteiger partial charge in [0.25, 0.3) is 0 Å². The number of nitrogens with two attached hydrogens (primary N) is 1. The molecule has 4 nitrogen and oxygen atoms in total. The van der Waals surface area contributed by atoms with Gasteiger partial charge in [-0.3, -0.25) is 0 Å². The van der Waals surface area contributed by atoms with Crippen molar-refractivity contribution in [2.24, 2.45) is 0 Å². The van der Waals surface area contributed by atoms with E-state index >= 15 is 0 Å². The molecule has 4 heteroatoms. The summed E-state index contributed by atoms with van der Waals surface area (Å²) in [5.41, 5.74) is 6.74. The maximum atomic E-state index is 11.3. The van der Waals surface area contributed by atoms with Gasteiger partial charge in [0.1, 0.15) is 5.60 Å². The summed E-state index contributed by atoms with van der Waals surface area (Å²) in [6.45, 7) is 5.94. The van der Waals surface area contributed by atoms with Gasteiger partial charge in [-0.1, -0.05) is 17.9 Å². The molecule has 0 bridgehead atoms. The second-order valence-corrected chi connectivity index (χ2v) is 5.11. The molecule has 19 heavy (non-hydrogen) atoms. The lowest BCUT2D eigenvalue weighted by molar-refractivity contribution is 0.0529. The van der Waals surface area contributed by atoms with E-state index in [4.69, 9.17) is 10.5 Å². The van der Waals surface area contributed by atoms with E-state index in [-0.39, 0.29) is 0 Å². The monoisotopic (exact) mass is 260 g/mol. The maximum absolute atomic E-state index is 11.3. The Bertz CT molecular complexity index is 493. The van der Waals surface area contributed by atoms with Crippen LogP contribution in [0.1, 0.15) is 32.8 Å². The van der Waals surface area contributed by atoms with E-state index in [0.717, 1.165) is 5.56 Å². The third-order valence-corrected chi connectivity index (χ3v) is 2.04. The SMILES string of the molecule is CC(C)(C)OC(=O)NCCC#Cc1cccc(N)c1. The highest BCUT2D eigenvalue weighted by Crippen LogP contribution is 2.06. The topological polar surface area (TPSA) is 64.3 Å². The molecule has 1 rings (SSSR count). The van der Waals surface area contributed by atoms with E-state index in [1.54, 1.807) is 0 Å². The van der Waals surface area contributed by atoms with Crippen molar-refractivity contribution in [1.29, 1.82) is 0 Å². The molecule has 0 radical (unpaired) electrons. The van der Waals surface area contributed by atoms with Gasteiger partial charge in [0.05, 0.1) is 0 Å². The van der Waals surface area contributed by atoms with Gasteiger partial charge in [-0.25, -0.2) is 4.79 Å². The number of nitrogen functional groups attached to an aromatic ring is 1. The highest BCUT2D eigenvalue weighted by molar-refractivity contribution is 5.67. The van der Waals surface area contributed by atoms with Crippen molar-refractivity contribution >= 4 is 11.8 Å². The number of hydrogen-bond acceptors (Lipinski definition) is 3. The highest BCUT2D eigenvalue weighted by atomic mass is 16.6. The van der Waals surface area contributed by atoms with Crippen LogP contribution in [0, 0.1) is 11.8 Å². The summed E-state index contributed by atoms with van der Waals surface area (Å²) in [7, 11) is 0. The molecule has 0 spiro atoms. The molecule has 3 N–H and O–H groups in total. The summed E-state index contributed by atoms with van der Waals surface area (Å²) >= 11 is 0. The fourth-order valence-electron chi connectivity index (χ4n) is 1.32. The molecule has 1 aromatic rings. The van der Waals surface area contributed by atoms with Gasteiger partial charge in [-0.05, 0) is 39.0 Å². The first-order chi connectivity index (χ1) is 8.87. The third-order valence-electron chi connectivity index (χ3n) is 2.04. The largest absolute Gasteiger partial charge is 0.444 e. The van der Waals surface area contributed by atoms with E-state index in [0.29, 0.717) is 18.7 Å². The summed E-state index contributed by atoms with van der Waals surface area (Å²) in [6, 6.07) is 7.38. The summed E-state index contributed by atoms with van der Waals surface area (Å²) < 4.78 is 5.10. The summed E-state index contributed by atoms with van der Waals surface area (Å²) in [5, 5.41) is 2.65. The van der Waals surface area contributed by atoms with Crippen LogP contribution in [0.5, 0.6) is 0 Å². The molecule has 0 unspecified atom stereocenters. The molecule has 0 fully saturated rings. The Kier molecular flexibility index (Phi) is 5.25. The molecular formula is C15H20N2O2. The van der Waals surface area contributed by atoms with E-state index in [1.165, 1.54) is 0 Å². The predicted molar refractivity (Wildman–Crippen MR) is 76.6 cm³/mol. The van der Waals surface area contributed by atoms with Gasteiger partial charge >= 0.3 is 6.09 Å². The second kappa shape index (κ2) is 6.69. The second-order valence-electron chi connectivity index (χ2n) is 5.11. The van der Waals surface area contributed by atoms with Crippen molar-refractivity contribution in [2.75, 3.05) is 12.3 Å². The Labute approximate surface area is 114 Å². The van der Waals surface area contributed by atoms with E-state index in [2.05, 4.69) is 17.2 Å². The Morgan fingerprint density at radius 1 is 1.42 bits per heavy atom. The normalized spacial score (nSPS) is 10.3. The number of hydrogen-bond donors (Lipinski definition) is 2. The summed E-state index contributed by atoms with van der Waals surface area (Å²) in [5.74, 6) is 5.96. The van der Waals surface area contributed by atoms with Crippen LogP contribution in [0.15, 0.2) is 24.3 Å². The smallest absolute Gasteiger partial charge is 0.407 e. The van der Waals surface area contributed by atoms with Crippen LogP contribution in [0.2, 0.25) is 0 Å². The minimum absolute atomic E-state index is 0.418. The maximum Gasteiger partial charge on any atom is 0.407 e. The van der Waals surface area contributed by atoms with Crippen molar-refractivity contribution in [1.82, 2.24) is 5.32 Å². The Morgan fingerprint density at radius 2 is 2.16 bits per heavy atom. The van der Waals surface area contributed by atoms with Gasteiger partial charge in [-0.2, -0.15) is 0 Å². The summed E-state index contributed by atoms with van der Waals surface area (Å²) in [6.07, 6.45) is 0.145. The van der Waals surface area contributed by atoms with Gasteiger partial charge in [-0.15, -0.1) is 0 Å². The lowest BCUT2D eigenvalue weighted by Crippen LogP contribution is -2.32. The van der Waals surface area contributed by atoms with Crippen LogP contribution in [0.3, 0.4) is 0 Å². The molecule has 102 valence electrons. The minimum Gasteiger partial charge on any atom is -0.444 e. The number of anilines is 1. The number of nitrogens with one attached hydrogen (secondary N) is 1. The van der Waals surface area contributed by atoms with Crippen LogP contribution >= 0.6 is 0 Å². The van der Waals surface area contributed by atoms with Gasteiger partial charge < -0.3 is 15.8 Å². The highest BCUT2D eigenvalue weighted by Gasteiger charge is 2.15. The predicted octanol–water partition coefficient (Wildman–Crippen LogP) is 2.54. The summed E-state index contributed by atoms with van der Waals surface area (Å²) in [4.78, 5) is 11.3. The fourth-order valence-corrected chi connectivity index (χ4v) is 1.32. The molecule has 0 atom stereocenters. The number of alkyl carbamates (subject to hydrolysis) is 1. The minimum atomic E-state index is -0.475.